The highest BCUT2D eigenvalue weighted by Gasteiger charge is 2.33. The van der Waals surface area contributed by atoms with E-state index in [1.807, 2.05) is 6.92 Å². The van der Waals surface area contributed by atoms with Crippen LogP contribution in [0.5, 0.6) is 17.2 Å². The minimum atomic E-state index is -4.48. The van der Waals surface area contributed by atoms with Crippen molar-refractivity contribution in [3.05, 3.63) is 41.5 Å². The van der Waals surface area contributed by atoms with E-state index in [0.717, 1.165) is 12.1 Å². The molecule has 0 fully saturated rings. The number of hydrogen-bond donors (Lipinski definition) is 0. The Morgan fingerprint density at radius 2 is 1.74 bits per heavy atom. The van der Waals surface area contributed by atoms with Crippen LogP contribution in [0.4, 0.5) is 18.9 Å². The molecule has 1 amide bonds. The van der Waals surface area contributed by atoms with Crippen molar-refractivity contribution in [2.75, 3.05) is 32.8 Å². The van der Waals surface area contributed by atoms with Gasteiger partial charge in [-0.05, 0) is 42.3 Å². The summed E-state index contributed by atoms with van der Waals surface area (Å²) in [6, 6.07) is 6.91. The van der Waals surface area contributed by atoms with Crippen LogP contribution in [0.3, 0.4) is 0 Å². The van der Waals surface area contributed by atoms with Crippen LogP contribution in [-0.4, -0.2) is 39.0 Å². The highest BCUT2D eigenvalue weighted by Crippen LogP contribution is 2.42. The molecule has 0 aromatic heterocycles. The minimum absolute atomic E-state index is 0.0224. The number of thioether (sulfide) groups is 1. The second-order valence-electron chi connectivity index (χ2n) is 7.15. The highest BCUT2D eigenvalue weighted by molar-refractivity contribution is 8.00. The van der Waals surface area contributed by atoms with Crippen molar-refractivity contribution in [3.8, 4) is 17.2 Å². The van der Waals surface area contributed by atoms with Gasteiger partial charge in [0.1, 0.15) is 0 Å². The number of benzene rings is 2. The maximum Gasteiger partial charge on any atom is 0.416 e. The largest absolute Gasteiger partial charge is 0.493 e. The van der Waals surface area contributed by atoms with Crippen LogP contribution in [0, 0.1) is 0 Å². The molecule has 1 unspecified atom stereocenters. The molecule has 0 saturated heterocycles. The van der Waals surface area contributed by atoms with Gasteiger partial charge < -0.3 is 19.1 Å². The molecule has 0 saturated carbocycles. The summed E-state index contributed by atoms with van der Waals surface area (Å²) in [4.78, 5) is 15.3. The third kappa shape index (κ3) is 5.03. The van der Waals surface area contributed by atoms with E-state index >= 15 is 0 Å². The molecule has 1 heterocycles. The summed E-state index contributed by atoms with van der Waals surface area (Å²) in [5.41, 5.74) is 0.131. The lowest BCUT2D eigenvalue weighted by Gasteiger charge is -2.24. The normalized spacial score (nSPS) is 16.4. The molecule has 0 N–H and O–H groups in total. The Morgan fingerprint density at radius 3 is 2.29 bits per heavy atom. The summed E-state index contributed by atoms with van der Waals surface area (Å²) in [6.07, 6.45) is -3.84. The quantitative estimate of drug-likeness (QED) is 0.621. The van der Waals surface area contributed by atoms with Crippen molar-refractivity contribution in [2.24, 2.45) is 0 Å². The molecule has 0 bridgehead atoms. The molecule has 2 aromatic carbocycles. The third-order valence-electron chi connectivity index (χ3n) is 5.05. The summed E-state index contributed by atoms with van der Waals surface area (Å²) in [5, 5.41) is 0.175. The zero-order valence-electron chi connectivity index (χ0n) is 17.7. The first kappa shape index (κ1) is 23.1. The lowest BCUT2D eigenvalue weighted by molar-refractivity contribution is -0.137. The van der Waals surface area contributed by atoms with Gasteiger partial charge in [-0.2, -0.15) is 13.2 Å². The molecule has 0 aliphatic carbocycles. The zero-order valence-corrected chi connectivity index (χ0v) is 18.5. The molecule has 1 atom stereocenters. The van der Waals surface area contributed by atoms with Gasteiger partial charge in [-0.15, -0.1) is 11.8 Å². The standard InChI is InChI=1S/C22H24F3NO4S/c1-13-7-8-26(16-12-15(22(23,24)25)5-6-19(16)31-13)20(27)11-14-9-17(28-2)21(30-4)18(10-14)29-3/h5-6,9-10,12-13H,7-8,11H2,1-4H3. The fourth-order valence-corrected chi connectivity index (χ4v) is 4.57. The van der Waals surface area contributed by atoms with Gasteiger partial charge in [0.15, 0.2) is 11.5 Å². The van der Waals surface area contributed by atoms with Gasteiger partial charge in [-0.25, -0.2) is 0 Å². The van der Waals surface area contributed by atoms with Gasteiger partial charge in [0.05, 0.1) is 39.0 Å². The van der Waals surface area contributed by atoms with Crippen molar-refractivity contribution in [2.45, 2.75) is 36.1 Å². The number of halogens is 3. The van der Waals surface area contributed by atoms with E-state index in [1.54, 1.807) is 12.1 Å². The maximum atomic E-state index is 13.3. The number of anilines is 1. The van der Waals surface area contributed by atoms with Crippen molar-refractivity contribution < 1.29 is 32.2 Å². The summed E-state index contributed by atoms with van der Waals surface area (Å²) in [6.45, 7) is 2.34. The van der Waals surface area contributed by atoms with Gasteiger partial charge in [-0.1, -0.05) is 6.92 Å². The Morgan fingerprint density at radius 1 is 1.10 bits per heavy atom. The van der Waals surface area contributed by atoms with E-state index in [-0.39, 0.29) is 17.6 Å². The molecule has 31 heavy (non-hydrogen) atoms. The average Bonchev–Trinajstić information content (AvgIpc) is 2.89. The second kappa shape index (κ2) is 9.30. The predicted molar refractivity (Wildman–Crippen MR) is 114 cm³/mol. The summed E-state index contributed by atoms with van der Waals surface area (Å²) in [5.74, 6) is 0.916. The van der Waals surface area contributed by atoms with Gasteiger partial charge in [0.25, 0.3) is 0 Å². The Bertz CT molecular complexity index is 939. The summed E-state index contributed by atoms with van der Waals surface area (Å²) >= 11 is 1.48. The monoisotopic (exact) mass is 455 g/mol. The number of rotatable bonds is 5. The van der Waals surface area contributed by atoms with Gasteiger partial charge in [0.2, 0.25) is 11.7 Å². The molecule has 0 radical (unpaired) electrons. The average molecular weight is 455 g/mol. The second-order valence-corrected chi connectivity index (χ2v) is 8.63. The number of methoxy groups -OCH3 is 3. The summed E-state index contributed by atoms with van der Waals surface area (Å²) < 4.78 is 55.9. The molecule has 1 aliphatic heterocycles. The smallest absolute Gasteiger partial charge is 0.416 e. The summed E-state index contributed by atoms with van der Waals surface area (Å²) in [7, 11) is 4.44. The molecule has 3 rings (SSSR count). The van der Waals surface area contributed by atoms with Gasteiger partial charge in [-0.3, -0.25) is 4.79 Å². The topological polar surface area (TPSA) is 48.0 Å². The number of carbonyl (C=O) groups excluding carboxylic acids is 1. The number of alkyl halides is 3. The minimum Gasteiger partial charge on any atom is -0.493 e. The molecule has 1 aliphatic rings. The van der Waals surface area contributed by atoms with Gasteiger partial charge in [0, 0.05) is 16.7 Å². The Kier molecular flexibility index (Phi) is 6.93. The highest BCUT2D eigenvalue weighted by atomic mass is 32.2. The van der Waals surface area contributed by atoms with Gasteiger partial charge >= 0.3 is 6.18 Å². The zero-order chi connectivity index (χ0) is 22.8. The van der Waals surface area contributed by atoms with Crippen LogP contribution in [0.1, 0.15) is 24.5 Å². The molecule has 168 valence electrons. The first-order chi connectivity index (χ1) is 14.7. The molecule has 9 heteroatoms. The number of nitrogens with zero attached hydrogens (tertiary/aromatic N) is 1. The van der Waals surface area contributed by atoms with Crippen molar-refractivity contribution in [3.63, 3.8) is 0 Å². The number of ether oxygens (including phenoxy) is 3. The lowest BCUT2D eigenvalue weighted by Crippen LogP contribution is -2.33. The fourth-order valence-electron chi connectivity index (χ4n) is 3.48. The first-order valence-corrected chi connectivity index (χ1v) is 10.5. The number of amides is 1. The lowest BCUT2D eigenvalue weighted by atomic mass is 10.1. The van der Waals surface area contributed by atoms with Crippen LogP contribution in [0.15, 0.2) is 35.2 Å². The van der Waals surface area contributed by atoms with E-state index in [4.69, 9.17) is 14.2 Å². The van der Waals surface area contributed by atoms with E-state index in [1.165, 1.54) is 44.1 Å². The third-order valence-corrected chi connectivity index (χ3v) is 6.28. The van der Waals surface area contributed by atoms with Crippen LogP contribution >= 0.6 is 11.8 Å². The molecule has 0 spiro atoms. The Labute approximate surface area is 183 Å². The van der Waals surface area contributed by atoms with Crippen molar-refractivity contribution in [1.29, 1.82) is 0 Å². The van der Waals surface area contributed by atoms with Crippen LogP contribution in [0.2, 0.25) is 0 Å². The van der Waals surface area contributed by atoms with E-state index in [2.05, 4.69) is 0 Å². The Hall–Kier alpha value is -2.55. The molecule has 5 nitrogen and oxygen atoms in total. The molecular formula is C22H24F3NO4S. The van der Waals surface area contributed by atoms with Crippen LogP contribution < -0.4 is 19.1 Å². The van der Waals surface area contributed by atoms with E-state index in [0.29, 0.717) is 46.4 Å². The van der Waals surface area contributed by atoms with Crippen molar-refractivity contribution >= 4 is 23.4 Å². The Balaban J connectivity index is 1.97. The molecular weight excluding hydrogens is 431 g/mol. The predicted octanol–water partition coefficient (Wildman–Crippen LogP) is 5.19. The fraction of sp³-hybridized carbons (Fsp3) is 0.409. The first-order valence-electron chi connectivity index (χ1n) is 9.65. The maximum absolute atomic E-state index is 13.3. The van der Waals surface area contributed by atoms with Crippen LogP contribution in [-0.2, 0) is 17.4 Å². The SMILES string of the molecule is COc1cc(CC(=O)N2CCC(C)Sc3ccc(C(F)(F)F)cc32)cc(OC)c1OC. The number of fused-ring (bicyclic) bond motifs is 1. The van der Waals surface area contributed by atoms with Crippen LogP contribution in [0.25, 0.3) is 0 Å². The molecule has 2 aromatic rings. The number of hydrogen-bond acceptors (Lipinski definition) is 5. The van der Waals surface area contributed by atoms with E-state index in [9.17, 15) is 18.0 Å². The number of carbonyl (C=O) groups is 1. The van der Waals surface area contributed by atoms with Crippen molar-refractivity contribution in [1.82, 2.24) is 0 Å². The van der Waals surface area contributed by atoms with E-state index < -0.39 is 11.7 Å².